The Kier molecular flexibility index (Phi) is 5.96. The van der Waals surface area contributed by atoms with Gasteiger partial charge in [0.2, 0.25) is 0 Å². The first kappa shape index (κ1) is 20.6. The summed E-state index contributed by atoms with van der Waals surface area (Å²) in [7, 11) is 1.63. The lowest BCUT2D eigenvalue weighted by molar-refractivity contribution is 0.102. The van der Waals surface area contributed by atoms with Gasteiger partial charge in [0.25, 0.3) is 5.91 Å². The molecule has 0 unspecified atom stereocenters. The lowest BCUT2D eigenvalue weighted by Gasteiger charge is -2.09. The van der Waals surface area contributed by atoms with Gasteiger partial charge < -0.3 is 10.1 Å². The van der Waals surface area contributed by atoms with Gasteiger partial charge in [-0.15, -0.1) is 0 Å². The second-order valence-electron chi connectivity index (χ2n) is 6.80. The fourth-order valence-electron chi connectivity index (χ4n) is 3.11. The number of aromatic nitrogens is 1. The molecule has 154 valence electrons. The molecule has 3 aromatic carbocycles. The summed E-state index contributed by atoms with van der Waals surface area (Å²) in [6.45, 7) is 0. The van der Waals surface area contributed by atoms with Crippen molar-refractivity contribution in [3.63, 3.8) is 0 Å². The first-order valence-corrected chi connectivity index (χ1v) is 9.89. The molecule has 0 spiro atoms. The minimum atomic E-state index is -0.567. The van der Waals surface area contributed by atoms with Crippen LogP contribution in [-0.2, 0) is 0 Å². The average molecular weight is 433 g/mol. The van der Waals surface area contributed by atoms with Crippen LogP contribution in [0.2, 0.25) is 5.02 Å². The molecule has 0 saturated carbocycles. The van der Waals surface area contributed by atoms with Crippen LogP contribution < -0.4 is 10.1 Å². The Hall–Kier alpha value is -3.70. The van der Waals surface area contributed by atoms with Gasteiger partial charge in [0.15, 0.2) is 0 Å². The van der Waals surface area contributed by atoms with Crippen molar-refractivity contribution in [1.82, 2.24) is 4.98 Å². The molecule has 4 aromatic rings. The van der Waals surface area contributed by atoms with Crippen LogP contribution in [0.5, 0.6) is 5.75 Å². The van der Waals surface area contributed by atoms with Crippen molar-refractivity contribution in [2.45, 2.75) is 0 Å². The number of nitrogens with zero attached hydrogens (tertiary/aromatic N) is 1. The van der Waals surface area contributed by atoms with E-state index in [1.165, 1.54) is 18.2 Å². The van der Waals surface area contributed by atoms with Gasteiger partial charge in [0.05, 0.1) is 23.5 Å². The summed E-state index contributed by atoms with van der Waals surface area (Å²) in [6, 6.07) is 24.7. The molecule has 1 amide bonds. The van der Waals surface area contributed by atoms with Gasteiger partial charge in [-0.3, -0.25) is 4.79 Å². The maximum Gasteiger partial charge on any atom is 0.255 e. The van der Waals surface area contributed by atoms with Gasteiger partial charge in [-0.05, 0) is 66.7 Å². The van der Waals surface area contributed by atoms with Crippen molar-refractivity contribution >= 4 is 23.2 Å². The van der Waals surface area contributed by atoms with Crippen molar-refractivity contribution in [3.05, 3.63) is 101 Å². The monoisotopic (exact) mass is 432 g/mol. The number of nitrogens with one attached hydrogen (secondary N) is 1. The Morgan fingerprint density at radius 1 is 0.903 bits per heavy atom. The highest BCUT2D eigenvalue weighted by atomic mass is 35.5. The second kappa shape index (κ2) is 8.98. The van der Waals surface area contributed by atoms with Crippen molar-refractivity contribution in [3.8, 4) is 28.3 Å². The van der Waals surface area contributed by atoms with Crippen LogP contribution in [0.15, 0.2) is 84.9 Å². The summed E-state index contributed by atoms with van der Waals surface area (Å²) in [6.07, 6.45) is 0. The smallest absolute Gasteiger partial charge is 0.255 e. The Balaban J connectivity index is 1.57. The number of rotatable bonds is 5. The van der Waals surface area contributed by atoms with Crippen LogP contribution in [0.3, 0.4) is 0 Å². The molecule has 1 N–H and O–H groups in total. The normalized spacial score (nSPS) is 10.5. The van der Waals surface area contributed by atoms with Crippen LogP contribution >= 0.6 is 11.6 Å². The molecule has 0 saturated heterocycles. The molecular formula is C25H18ClFN2O2. The molecule has 0 fully saturated rings. The Morgan fingerprint density at radius 2 is 1.61 bits per heavy atom. The minimum Gasteiger partial charge on any atom is -0.497 e. The van der Waals surface area contributed by atoms with Crippen LogP contribution in [0, 0.1) is 5.82 Å². The highest BCUT2D eigenvalue weighted by Gasteiger charge is 2.10. The molecule has 0 atom stereocenters. The van der Waals surface area contributed by atoms with Gasteiger partial charge >= 0.3 is 0 Å². The highest BCUT2D eigenvalue weighted by molar-refractivity contribution is 6.31. The van der Waals surface area contributed by atoms with Crippen LogP contribution in [0.25, 0.3) is 22.5 Å². The summed E-state index contributed by atoms with van der Waals surface area (Å²) in [5, 5.41) is 2.72. The topological polar surface area (TPSA) is 51.2 Å². The van der Waals surface area contributed by atoms with Gasteiger partial charge in [-0.1, -0.05) is 29.8 Å². The SMILES string of the molecule is COc1ccc(-c2cccc(-c3cccc(NC(=O)c4ccc(F)c(Cl)c4)c3)n2)cc1. The lowest BCUT2D eigenvalue weighted by atomic mass is 10.1. The molecule has 0 bridgehead atoms. The number of amides is 1. The largest absolute Gasteiger partial charge is 0.497 e. The predicted molar refractivity (Wildman–Crippen MR) is 121 cm³/mol. The van der Waals surface area contributed by atoms with E-state index >= 15 is 0 Å². The van der Waals surface area contributed by atoms with Gasteiger partial charge in [0, 0.05) is 22.4 Å². The third kappa shape index (κ3) is 4.73. The first-order chi connectivity index (χ1) is 15.0. The van der Waals surface area contributed by atoms with E-state index in [4.69, 9.17) is 21.3 Å². The number of ether oxygens (including phenoxy) is 1. The number of benzene rings is 3. The second-order valence-corrected chi connectivity index (χ2v) is 7.21. The van der Waals surface area contributed by atoms with E-state index in [2.05, 4.69) is 5.32 Å². The van der Waals surface area contributed by atoms with E-state index in [0.717, 1.165) is 28.3 Å². The number of pyridine rings is 1. The summed E-state index contributed by atoms with van der Waals surface area (Å²) >= 11 is 5.78. The maximum absolute atomic E-state index is 13.3. The van der Waals surface area contributed by atoms with Crippen LogP contribution in [0.1, 0.15) is 10.4 Å². The number of hydrogen-bond acceptors (Lipinski definition) is 3. The summed E-state index contributed by atoms with van der Waals surface area (Å²) in [4.78, 5) is 17.3. The molecule has 0 radical (unpaired) electrons. The zero-order chi connectivity index (χ0) is 21.8. The van der Waals surface area contributed by atoms with Crippen LogP contribution in [0.4, 0.5) is 10.1 Å². The molecule has 6 heteroatoms. The van der Waals surface area contributed by atoms with Crippen molar-refractivity contribution in [2.24, 2.45) is 0 Å². The lowest BCUT2D eigenvalue weighted by Crippen LogP contribution is -2.12. The molecule has 31 heavy (non-hydrogen) atoms. The molecular weight excluding hydrogens is 415 g/mol. The van der Waals surface area contributed by atoms with Crippen LogP contribution in [-0.4, -0.2) is 18.0 Å². The number of halogens is 2. The number of carbonyl (C=O) groups is 1. The van der Waals surface area contributed by atoms with E-state index in [-0.39, 0.29) is 16.5 Å². The fraction of sp³-hybridized carbons (Fsp3) is 0.0400. The number of methoxy groups -OCH3 is 1. The van der Waals surface area contributed by atoms with E-state index in [1.54, 1.807) is 13.2 Å². The Labute approximate surface area is 184 Å². The third-order valence-electron chi connectivity index (χ3n) is 4.73. The van der Waals surface area contributed by atoms with E-state index in [0.29, 0.717) is 5.69 Å². The summed E-state index contributed by atoms with van der Waals surface area (Å²) < 4.78 is 18.6. The van der Waals surface area contributed by atoms with E-state index in [9.17, 15) is 9.18 Å². The molecule has 4 rings (SSSR count). The van der Waals surface area contributed by atoms with Crippen molar-refractivity contribution in [2.75, 3.05) is 12.4 Å². The molecule has 1 heterocycles. The zero-order valence-electron chi connectivity index (χ0n) is 16.6. The average Bonchev–Trinajstić information content (AvgIpc) is 2.81. The molecule has 0 aliphatic carbocycles. The zero-order valence-corrected chi connectivity index (χ0v) is 17.4. The fourth-order valence-corrected chi connectivity index (χ4v) is 3.30. The third-order valence-corrected chi connectivity index (χ3v) is 5.02. The van der Waals surface area contributed by atoms with Gasteiger partial charge in [-0.2, -0.15) is 0 Å². The highest BCUT2D eigenvalue weighted by Crippen LogP contribution is 2.26. The number of carbonyl (C=O) groups excluding carboxylic acids is 1. The minimum absolute atomic E-state index is 0.0963. The van der Waals surface area contributed by atoms with Gasteiger partial charge in [0.1, 0.15) is 11.6 Å². The maximum atomic E-state index is 13.3. The first-order valence-electron chi connectivity index (χ1n) is 9.52. The standard InChI is InChI=1S/C25H18ClFN2O2/c1-31-20-11-8-16(9-12-20)23-6-3-7-24(29-23)17-4-2-5-19(14-17)28-25(30)18-10-13-22(27)21(26)15-18/h2-15H,1H3,(H,28,30). The van der Waals surface area contributed by atoms with Crippen molar-refractivity contribution < 1.29 is 13.9 Å². The van der Waals surface area contributed by atoms with Gasteiger partial charge in [-0.25, -0.2) is 9.37 Å². The van der Waals surface area contributed by atoms with E-state index in [1.807, 2.05) is 60.7 Å². The number of hydrogen-bond donors (Lipinski definition) is 1. The molecule has 0 aliphatic heterocycles. The molecule has 4 nitrogen and oxygen atoms in total. The van der Waals surface area contributed by atoms with Crippen molar-refractivity contribution in [1.29, 1.82) is 0 Å². The molecule has 0 aliphatic rings. The molecule has 1 aromatic heterocycles. The Morgan fingerprint density at radius 3 is 2.32 bits per heavy atom. The summed E-state index contributed by atoms with van der Waals surface area (Å²) in [5.74, 6) is -0.159. The number of anilines is 1. The predicted octanol–water partition coefficient (Wildman–Crippen LogP) is 6.47. The van der Waals surface area contributed by atoms with E-state index < -0.39 is 5.82 Å². The summed E-state index contributed by atoms with van der Waals surface area (Å²) in [5.41, 5.74) is 4.30. The quantitative estimate of drug-likeness (QED) is 0.393. The Bertz CT molecular complexity index is 1240.